The third-order valence-corrected chi connectivity index (χ3v) is 5.09. The van der Waals surface area contributed by atoms with Gasteiger partial charge in [-0.25, -0.2) is 0 Å². The summed E-state index contributed by atoms with van der Waals surface area (Å²) in [7, 11) is -3.57. The minimum absolute atomic E-state index is 0. The van der Waals surface area contributed by atoms with Gasteiger partial charge in [-0.05, 0) is 18.6 Å². The molecule has 5 heteroatoms. The molecule has 0 aliphatic heterocycles. The van der Waals surface area contributed by atoms with Gasteiger partial charge >= 0.3 is 0 Å². The highest BCUT2D eigenvalue weighted by atomic mass is 32.2. The van der Waals surface area contributed by atoms with E-state index in [1.54, 1.807) is 30.3 Å². The van der Waals surface area contributed by atoms with Crippen LogP contribution in [0, 0.1) is 0 Å². The molecule has 23 heavy (non-hydrogen) atoms. The number of quaternary nitrogens is 1. The Labute approximate surface area is 142 Å². The van der Waals surface area contributed by atoms with E-state index >= 15 is 0 Å². The van der Waals surface area contributed by atoms with Crippen molar-refractivity contribution >= 4 is 10.1 Å². The first kappa shape index (κ1) is 22.1. The molecule has 0 bridgehead atoms. The Hall–Kier alpha value is -0.910. The molecule has 4 nitrogen and oxygen atoms in total. The maximum Gasteiger partial charge on any atom is 0.296 e. The van der Waals surface area contributed by atoms with Crippen molar-refractivity contribution in [2.75, 3.05) is 6.61 Å². The van der Waals surface area contributed by atoms with Gasteiger partial charge in [0.15, 0.2) is 0 Å². The molecule has 1 aromatic carbocycles. The molecule has 0 saturated carbocycles. The van der Waals surface area contributed by atoms with Crippen LogP contribution in [0.15, 0.2) is 35.2 Å². The van der Waals surface area contributed by atoms with E-state index in [-0.39, 0.29) is 17.7 Å². The molecule has 4 N–H and O–H groups in total. The lowest BCUT2D eigenvalue weighted by molar-refractivity contribution is 0.306. The summed E-state index contributed by atoms with van der Waals surface area (Å²) in [5.74, 6) is 0. The molecular weight excluding hydrogens is 310 g/mol. The molecule has 0 radical (unpaired) electrons. The summed E-state index contributed by atoms with van der Waals surface area (Å²) >= 11 is 0. The average Bonchev–Trinajstić information content (AvgIpc) is 2.53. The minimum Gasteiger partial charge on any atom is -0.369 e. The zero-order chi connectivity index (χ0) is 16.1. The van der Waals surface area contributed by atoms with Gasteiger partial charge in [0.1, 0.15) is 0 Å². The van der Waals surface area contributed by atoms with Crippen molar-refractivity contribution in [2.45, 2.75) is 76.0 Å². The first-order valence-electron chi connectivity index (χ1n) is 8.61. The van der Waals surface area contributed by atoms with E-state index < -0.39 is 10.1 Å². The molecule has 0 heterocycles. The summed E-state index contributed by atoms with van der Waals surface area (Å²) in [5, 5.41) is 0. The molecule has 0 amide bonds. The molecule has 0 aliphatic rings. The van der Waals surface area contributed by atoms with Crippen LogP contribution in [0.4, 0.5) is 0 Å². The van der Waals surface area contributed by atoms with E-state index in [9.17, 15) is 8.42 Å². The van der Waals surface area contributed by atoms with Gasteiger partial charge in [-0.3, -0.25) is 4.18 Å². The average molecular weight is 345 g/mol. The standard InChI is InChI=1S/C18H30O3S.H3N/c1-2-3-4-5-6-7-8-9-10-14-17-21-22(19,20)18-15-12-11-13-16-18;/h11-13,15-16H,2-10,14,17H2,1H3;1H3/p+1. The van der Waals surface area contributed by atoms with Crippen molar-refractivity contribution in [2.24, 2.45) is 0 Å². The van der Waals surface area contributed by atoms with E-state index in [1.807, 2.05) is 0 Å². The fourth-order valence-corrected chi connectivity index (χ4v) is 3.38. The zero-order valence-electron chi connectivity index (χ0n) is 14.8. The van der Waals surface area contributed by atoms with Gasteiger partial charge in [0.25, 0.3) is 10.1 Å². The Kier molecular flexibility index (Phi) is 13.0. The van der Waals surface area contributed by atoms with Crippen LogP contribution < -0.4 is 6.15 Å². The van der Waals surface area contributed by atoms with Crippen molar-refractivity contribution in [1.29, 1.82) is 0 Å². The van der Waals surface area contributed by atoms with Crippen molar-refractivity contribution < 1.29 is 12.6 Å². The summed E-state index contributed by atoms with van der Waals surface area (Å²) in [4.78, 5) is 0.238. The smallest absolute Gasteiger partial charge is 0.296 e. The summed E-state index contributed by atoms with van der Waals surface area (Å²) in [6.45, 7) is 2.52. The van der Waals surface area contributed by atoms with E-state index in [2.05, 4.69) is 6.92 Å². The largest absolute Gasteiger partial charge is 0.369 e. The van der Waals surface area contributed by atoms with Gasteiger partial charge in [-0.2, -0.15) is 8.42 Å². The third kappa shape index (κ3) is 10.5. The number of hydrogen-bond acceptors (Lipinski definition) is 3. The SMILES string of the molecule is CCCCCCCCCCCCOS(=O)(=O)c1ccccc1.[NH4+]. The van der Waals surface area contributed by atoms with E-state index in [0.29, 0.717) is 0 Å². The van der Waals surface area contributed by atoms with E-state index in [4.69, 9.17) is 4.18 Å². The Morgan fingerprint density at radius 2 is 1.26 bits per heavy atom. The molecule has 0 unspecified atom stereocenters. The fourth-order valence-electron chi connectivity index (χ4n) is 2.41. The Bertz CT molecular complexity index is 474. The minimum atomic E-state index is -3.57. The predicted molar refractivity (Wildman–Crippen MR) is 97.4 cm³/mol. The zero-order valence-corrected chi connectivity index (χ0v) is 15.6. The third-order valence-electron chi connectivity index (χ3n) is 3.77. The van der Waals surface area contributed by atoms with Gasteiger partial charge in [0, 0.05) is 0 Å². The first-order chi connectivity index (χ1) is 10.7. The van der Waals surface area contributed by atoms with Gasteiger partial charge < -0.3 is 6.15 Å². The quantitative estimate of drug-likeness (QED) is 0.369. The molecule has 1 rings (SSSR count). The second-order valence-corrected chi connectivity index (χ2v) is 7.39. The Morgan fingerprint density at radius 1 is 0.783 bits per heavy atom. The van der Waals surface area contributed by atoms with Crippen molar-refractivity contribution in [3.8, 4) is 0 Å². The summed E-state index contributed by atoms with van der Waals surface area (Å²) in [6.07, 6.45) is 12.3. The van der Waals surface area contributed by atoms with Crippen LogP contribution in [0.25, 0.3) is 0 Å². The molecule has 0 saturated heterocycles. The summed E-state index contributed by atoms with van der Waals surface area (Å²) in [6, 6.07) is 8.33. The van der Waals surface area contributed by atoms with Gasteiger partial charge in [0.2, 0.25) is 0 Å². The predicted octanol–water partition coefficient (Wildman–Crippen LogP) is 5.69. The second kappa shape index (κ2) is 13.5. The molecule has 1 aromatic rings. The lowest BCUT2D eigenvalue weighted by Crippen LogP contribution is -2.07. The maximum absolute atomic E-state index is 11.9. The molecule has 0 aromatic heterocycles. The van der Waals surface area contributed by atoms with E-state index in [1.165, 1.54) is 51.4 Å². The highest BCUT2D eigenvalue weighted by Gasteiger charge is 2.13. The fraction of sp³-hybridized carbons (Fsp3) is 0.667. The van der Waals surface area contributed by atoms with E-state index in [0.717, 1.165) is 12.8 Å². The Morgan fingerprint density at radius 3 is 1.78 bits per heavy atom. The topological polar surface area (TPSA) is 79.9 Å². The normalized spacial score (nSPS) is 11.2. The number of benzene rings is 1. The van der Waals surface area contributed by atoms with Gasteiger partial charge in [0.05, 0.1) is 11.5 Å². The van der Waals surface area contributed by atoms with Crippen LogP contribution in [0.1, 0.15) is 71.1 Å². The lowest BCUT2D eigenvalue weighted by Gasteiger charge is -2.05. The molecule has 0 atom stereocenters. The monoisotopic (exact) mass is 344 g/mol. The molecule has 0 aliphatic carbocycles. The van der Waals surface area contributed by atoms with Crippen molar-refractivity contribution in [1.82, 2.24) is 6.15 Å². The summed E-state index contributed by atoms with van der Waals surface area (Å²) < 4.78 is 28.8. The number of unbranched alkanes of at least 4 members (excludes halogenated alkanes) is 9. The maximum atomic E-state index is 11.9. The first-order valence-corrected chi connectivity index (χ1v) is 10.0. The van der Waals surface area contributed by atoms with Crippen molar-refractivity contribution in [3.05, 3.63) is 30.3 Å². The second-order valence-electron chi connectivity index (χ2n) is 5.77. The van der Waals surface area contributed by atoms with Crippen molar-refractivity contribution in [3.63, 3.8) is 0 Å². The van der Waals surface area contributed by atoms with Crippen LogP contribution in [-0.4, -0.2) is 15.0 Å². The highest BCUT2D eigenvalue weighted by molar-refractivity contribution is 7.86. The Balaban J connectivity index is 0.00000484. The van der Waals surface area contributed by atoms with Crippen LogP contribution in [0.5, 0.6) is 0 Å². The molecule has 0 spiro atoms. The molecule has 134 valence electrons. The highest BCUT2D eigenvalue weighted by Crippen LogP contribution is 2.13. The molecule has 0 fully saturated rings. The van der Waals surface area contributed by atoms with Crippen LogP contribution in [0.3, 0.4) is 0 Å². The van der Waals surface area contributed by atoms with Crippen LogP contribution >= 0.6 is 0 Å². The summed E-state index contributed by atoms with van der Waals surface area (Å²) in [5.41, 5.74) is 0. The van der Waals surface area contributed by atoms with Gasteiger partial charge in [-0.1, -0.05) is 82.9 Å². The van der Waals surface area contributed by atoms with Crippen LogP contribution in [0.2, 0.25) is 0 Å². The number of rotatable bonds is 13. The molecular formula is C18H34NO3S+. The lowest BCUT2D eigenvalue weighted by atomic mass is 10.1. The van der Waals surface area contributed by atoms with Gasteiger partial charge in [-0.15, -0.1) is 0 Å². The number of hydrogen-bond donors (Lipinski definition) is 1. The van der Waals surface area contributed by atoms with Crippen LogP contribution in [-0.2, 0) is 14.3 Å².